The molecule has 1 aliphatic carbocycles. The first-order chi connectivity index (χ1) is 21.4. The lowest BCUT2D eigenvalue weighted by Crippen LogP contribution is -2.52. The van der Waals surface area contributed by atoms with E-state index in [0.29, 0.717) is 24.1 Å². The van der Waals surface area contributed by atoms with Crippen LogP contribution in [0.2, 0.25) is 0 Å². The van der Waals surface area contributed by atoms with Gasteiger partial charge in [0.25, 0.3) is 5.91 Å². The third-order valence-electron chi connectivity index (χ3n) is 9.36. The molecule has 9 heteroatoms. The fourth-order valence-corrected chi connectivity index (χ4v) is 7.03. The molecule has 0 saturated carbocycles. The molecule has 3 aromatic rings. The van der Waals surface area contributed by atoms with Gasteiger partial charge in [-0.05, 0) is 95.5 Å². The predicted molar refractivity (Wildman–Crippen MR) is 167 cm³/mol. The van der Waals surface area contributed by atoms with Crippen LogP contribution in [0.5, 0.6) is 0 Å². The lowest BCUT2D eigenvalue weighted by molar-refractivity contribution is -0.137. The van der Waals surface area contributed by atoms with Crippen LogP contribution in [0.15, 0.2) is 60.8 Å². The van der Waals surface area contributed by atoms with Crippen LogP contribution in [0.3, 0.4) is 0 Å². The summed E-state index contributed by atoms with van der Waals surface area (Å²) >= 11 is 0. The number of carbonyl (C=O) groups excluding carboxylic acids is 4. The van der Waals surface area contributed by atoms with Crippen LogP contribution in [-0.2, 0) is 20.9 Å². The number of nitrogens with one attached hydrogen (secondary N) is 2. The predicted octanol–water partition coefficient (Wildman–Crippen LogP) is 2.86. The van der Waals surface area contributed by atoms with Crippen molar-refractivity contribution in [2.45, 2.75) is 57.5 Å². The molecule has 1 aromatic heterocycles. The number of carbonyl (C=O) groups is 4. The van der Waals surface area contributed by atoms with Gasteiger partial charge in [0.1, 0.15) is 11.9 Å². The largest absolute Gasteiger partial charge is 0.357 e. The second-order valence-corrected chi connectivity index (χ2v) is 12.2. The van der Waals surface area contributed by atoms with Gasteiger partial charge in [-0.3, -0.25) is 24.5 Å². The van der Waals surface area contributed by atoms with E-state index < -0.39 is 11.9 Å². The number of hydrogen-bond acceptors (Lipinski definition) is 6. The summed E-state index contributed by atoms with van der Waals surface area (Å²) in [5.74, 6) is 0.265. The van der Waals surface area contributed by atoms with Gasteiger partial charge >= 0.3 is 0 Å². The quantitative estimate of drug-likeness (QED) is 0.428. The van der Waals surface area contributed by atoms with Gasteiger partial charge in [-0.15, -0.1) is 0 Å². The Labute approximate surface area is 255 Å². The van der Waals surface area contributed by atoms with E-state index in [4.69, 9.17) is 4.98 Å². The van der Waals surface area contributed by atoms with Crippen molar-refractivity contribution in [2.75, 3.05) is 23.3 Å². The molecule has 2 N–H and O–H groups in total. The number of piperidine rings is 2. The van der Waals surface area contributed by atoms with Gasteiger partial charge in [0.2, 0.25) is 17.7 Å². The average molecular weight is 590 g/mol. The van der Waals surface area contributed by atoms with Crippen molar-refractivity contribution in [1.29, 1.82) is 0 Å². The molecule has 4 aliphatic rings. The Morgan fingerprint density at radius 1 is 0.977 bits per heavy atom. The van der Waals surface area contributed by atoms with E-state index in [0.717, 1.165) is 50.2 Å². The summed E-state index contributed by atoms with van der Waals surface area (Å²) in [6.07, 6.45) is 9.08. The Hall–Kier alpha value is -4.79. The molecular weight excluding hydrogens is 554 g/mol. The number of amides is 4. The third kappa shape index (κ3) is 5.50. The summed E-state index contributed by atoms with van der Waals surface area (Å²) in [6, 6.07) is 17.5. The van der Waals surface area contributed by atoms with Gasteiger partial charge < -0.3 is 15.1 Å². The summed E-state index contributed by atoms with van der Waals surface area (Å²) in [7, 11) is 0. The van der Waals surface area contributed by atoms with Crippen molar-refractivity contribution in [2.24, 2.45) is 5.92 Å². The van der Waals surface area contributed by atoms with Gasteiger partial charge in [-0.2, -0.15) is 0 Å². The Kier molecular flexibility index (Phi) is 7.46. The fourth-order valence-electron chi connectivity index (χ4n) is 7.03. The second kappa shape index (κ2) is 11.7. The summed E-state index contributed by atoms with van der Waals surface area (Å²) in [4.78, 5) is 58.3. The van der Waals surface area contributed by atoms with Crippen LogP contribution in [-0.4, -0.2) is 52.6 Å². The summed E-state index contributed by atoms with van der Waals surface area (Å²) in [5, 5.41) is 7.94. The topological polar surface area (TPSA) is 112 Å². The van der Waals surface area contributed by atoms with E-state index in [1.807, 2.05) is 12.3 Å². The molecule has 4 amide bonds. The first kappa shape index (κ1) is 28.0. The highest BCUT2D eigenvalue weighted by molar-refractivity contribution is 6.05. The fraction of sp³-hybridized carbons (Fsp3) is 0.343. The molecule has 3 aliphatic heterocycles. The monoisotopic (exact) mass is 589 g/mol. The number of aromatic nitrogens is 1. The molecule has 1 unspecified atom stereocenters. The lowest BCUT2D eigenvalue weighted by atomic mass is 9.92. The molecule has 0 radical (unpaired) electrons. The zero-order valence-corrected chi connectivity index (χ0v) is 24.6. The number of nitrogens with zero attached hydrogens (tertiary/aromatic N) is 3. The van der Waals surface area contributed by atoms with Crippen molar-refractivity contribution in [1.82, 2.24) is 15.2 Å². The highest BCUT2D eigenvalue weighted by atomic mass is 16.2. The number of benzene rings is 2. The number of anilines is 2. The van der Waals surface area contributed by atoms with Crippen molar-refractivity contribution in [3.8, 4) is 0 Å². The molecular formula is C35H35N5O4. The molecule has 0 spiro atoms. The number of hydrogen-bond donors (Lipinski definition) is 2. The van der Waals surface area contributed by atoms with E-state index in [-0.39, 0.29) is 36.6 Å². The number of rotatable bonds is 6. The van der Waals surface area contributed by atoms with Crippen molar-refractivity contribution in [3.05, 3.63) is 87.9 Å². The standard InChI is InChI=1S/C35H35N5O4/c41-32-11-10-30(34(43)38-32)40-21-25-19-26(8-9-29(25)35(40)44)37-33(42)18-22-13-16-39(17-14-22)31-20-24(12-15-36-31)28-7-3-5-23-4-1-2-6-27(23)28/h1-2,4-6,8-9,12,15,19-20,22,30H,3,7,10-11,13-14,16-18,21H2,(H,37,42)(H,38,41,43). The summed E-state index contributed by atoms with van der Waals surface area (Å²) in [6.45, 7) is 1.98. The molecule has 4 heterocycles. The van der Waals surface area contributed by atoms with E-state index >= 15 is 0 Å². The zero-order chi connectivity index (χ0) is 30.2. The highest BCUT2D eigenvalue weighted by Crippen LogP contribution is 2.31. The van der Waals surface area contributed by atoms with E-state index in [9.17, 15) is 19.2 Å². The molecule has 1 atom stereocenters. The van der Waals surface area contributed by atoms with Crippen LogP contribution in [0.4, 0.5) is 11.5 Å². The van der Waals surface area contributed by atoms with Crippen LogP contribution in [0.25, 0.3) is 11.6 Å². The highest BCUT2D eigenvalue weighted by Gasteiger charge is 2.39. The Bertz CT molecular complexity index is 1790. The Morgan fingerprint density at radius 2 is 1.82 bits per heavy atom. The van der Waals surface area contributed by atoms with Crippen LogP contribution >= 0.6 is 0 Å². The van der Waals surface area contributed by atoms with Crippen molar-refractivity contribution < 1.29 is 19.2 Å². The molecule has 44 heavy (non-hydrogen) atoms. The molecule has 2 aromatic carbocycles. The number of pyridine rings is 1. The van der Waals surface area contributed by atoms with Crippen molar-refractivity contribution in [3.63, 3.8) is 0 Å². The van der Waals surface area contributed by atoms with Crippen LogP contribution in [0, 0.1) is 5.92 Å². The van der Waals surface area contributed by atoms with Gasteiger partial charge in [-0.1, -0.05) is 30.3 Å². The van der Waals surface area contributed by atoms with Crippen LogP contribution < -0.4 is 26.0 Å². The minimum Gasteiger partial charge on any atom is -0.357 e. The second-order valence-electron chi connectivity index (χ2n) is 12.2. The molecule has 0 bridgehead atoms. The molecule has 2 saturated heterocycles. The minimum atomic E-state index is -0.657. The van der Waals surface area contributed by atoms with Gasteiger partial charge in [0.15, 0.2) is 0 Å². The summed E-state index contributed by atoms with van der Waals surface area (Å²) < 4.78 is 0. The minimum absolute atomic E-state index is 0.0426. The molecule has 224 valence electrons. The Morgan fingerprint density at radius 3 is 2.66 bits per heavy atom. The SMILES string of the molecule is O=C1CCC(N2Cc3cc(NC(=O)CC4CCN(c5cc(C6=c7ccccc7=CCC6)ccn5)CC4)ccc3C2=O)C(=O)N1. The van der Waals surface area contributed by atoms with E-state index in [1.54, 1.807) is 12.1 Å². The smallest absolute Gasteiger partial charge is 0.255 e. The zero-order valence-electron chi connectivity index (χ0n) is 24.6. The van der Waals surface area contributed by atoms with Crippen LogP contribution in [0.1, 0.15) is 66.4 Å². The van der Waals surface area contributed by atoms with E-state index in [2.05, 4.69) is 58.0 Å². The maximum atomic E-state index is 13.0. The maximum absolute atomic E-state index is 13.0. The molecule has 9 nitrogen and oxygen atoms in total. The first-order valence-corrected chi connectivity index (χ1v) is 15.5. The average Bonchev–Trinajstić information content (AvgIpc) is 3.36. The van der Waals surface area contributed by atoms with Crippen molar-refractivity contribution >= 4 is 46.8 Å². The van der Waals surface area contributed by atoms with Gasteiger partial charge in [0.05, 0.1) is 0 Å². The number of fused-ring (bicyclic) bond motifs is 2. The van der Waals surface area contributed by atoms with Gasteiger partial charge in [-0.25, -0.2) is 4.98 Å². The normalized spacial score (nSPS) is 20.1. The van der Waals surface area contributed by atoms with Gasteiger partial charge in [0, 0.05) is 49.9 Å². The molecule has 2 fully saturated rings. The third-order valence-corrected chi connectivity index (χ3v) is 9.36. The van der Waals surface area contributed by atoms with E-state index in [1.165, 1.54) is 26.5 Å². The molecule has 7 rings (SSSR count). The first-order valence-electron chi connectivity index (χ1n) is 15.5. The Balaban J connectivity index is 0.947. The summed E-state index contributed by atoms with van der Waals surface area (Å²) in [5.41, 5.74) is 4.55. The lowest BCUT2D eigenvalue weighted by Gasteiger charge is -2.33. The maximum Gasteiger partial charge on any atom is 0.255 e. The number of imide groups is 1.